The zero-order chi connectivity index (χ0) is 24.9. The van der Waals surface area contributed by atoms with Gasteiger partial charge in [-0.15, -0.1) is 0 Å². The predicted molar refractivity (Wildman–Crippen MR) is 138 cm³/mol. The van der Waals surface area contributed by atoms with E-state index < -0.39 is 12.0 Å². The summed E-state index contributed by atoms with van der Waals surface area (Å²) < 4.78 is 5.61. The fraction of sp³-hybridized carbons (Fsp3) is 0.815. The van der Waals surface area contributed by atoms with Crippen LogP contribution in [0.4, 0.5) is 0 Å². The lowest BCUT2D eigenvalue weighted by Gasteiger charge is -2.28. The minimum absolute atomic E-state index is 0.0603. The van der Waals surface area contributed by atoms with E-state index in [1.807, 2.05) is 6.92 Å². The molecule has 1 aliphatic rings. The molecular formula is C27H47NO4S. The van der Waals surface area contributed by atoms with Gasteiger partial charge in [-0.3, -0.25) is 14.5 Å². The van der Waals surface area contributed by atoms with Crippen molar-refractivity contribution in [1.29, 1.82) is 0 Å². The Morgan fingerprint density at radius 2 is 1.36 bits per heavy atom. The third-order valence-corrected chi connectivity index (χ3v) is 7.39. The number of nitrogens with zero attached hydrogens (tertiary/aromatic N) is 1. The summed E-state index contributed by atoms with van der Waals surface area (Å²) >= 11 is 4.19. The van der Waals surface area contributed by atoms with Crippen LogP contribution < -0.4 is 0 Å². The number of amides is 2. The van der Waals surface area contributed by atoms with Crippen molar-refractivity contribution in [3.05, 3.63) is 11.3 Å². The quantitative estimate of drug-likeness (QED) is 0.0799. The van der Waals surface area contributed by atoms with Gasteiger partial charge in [-0.2, -0.15) is 12.6 Å². The van der Waals surface area contributed by atoms with Gasteiger partial charge >= 0.3 is 5.97 Å². The molecular weight excluding hydrogens is 434 g/mol. The Bertz CT molecular complexity index is 655. The topological polar surface area (TPSA) is 63.7 Å². The molecule has 0 unspecified atom stereocenters. The summed E-state index contributed by atoms with van der Waals surface area (Å²) in [6, 6.07) is -0.964. The fourth-order valence-corrected chi connectivity index (χ4v) is 4.71. The summed E-state index contributed by atoms with van der Waals surface area (Å²) in [7, 11) is 0. The highest BCUT2D eigenvalue weighted by atomic mass is 32.1. The SMILES string of the molecule is CCCCCCCCCCCCCC(C)(C)C(C)=C(C)OC(=O)[C@H](CS)N1C(=O)CCC1=O. The molecule has 2 amide bonds. The molecule has 1 aliphatic heterocycles. The number of rotatable bonds is 17. The molecule has 33 heavy (non-hydrogen) atoms. The Morgan fingerprint density at radius 1 is 0.909 bits per heavy atom. The molecule has 1 saturated heterocycles. The molecule has 190 valence electrons. The molecule has 0 aliphatic carbocycles. The average Bonchev–Trinajstić information content (AvgIpc) is 3.10. The standard InChI is InChI=1S/C27H47NO4S/c1-6-7-8-9-10-11-12-13-14-15-16-19-27(4,5)21(2)22(3)32-26(31)23(20-33)28-24(29)17-18-25(28)30/h23,33H,6-20H2,1-5H3/t23-/m0/s1. The zero-order valence-corrected chi connectivity index (χ0v) is 22.6. The third-order valence-electron chi connectivity index (χ3n) is 7.05. The molecule has 0 aromatic rings. The summed E-state index contributed by atoms with van der Waals surface area (Å²) in [5.41, 5.74) is 0.944. The molecule has 1 heterocycles. The molecule has 0 spiro atoms. The van der Waals surface area contributed by atoms with E-state index in [4.69, 9.17) is 4.74 Å². The van der Waals surface area contributed by atoms with Gasteiger partial charge in [0.05, 0.1) is 0 Å². The minimum Gasteiger partial charge on any atom is -0.430 e. The first-order valence-electron chi connectivity index (χ1n) is 13.0. The molecule has 0 N–H and O–H groups in total. The average molecular weight is 482 g/mol. The van der Waals surface area contributed by atoms with E-state index in [9.17, 15) is 14.4 Å². The molecule has 0 aromatic carbocycles. The number of ether oxygens (including phenoxy) is 1. The number of thiol groups is 1. The summed E-state index contributed by atoms with van der Waals surface area (Å²) in [6.07, 6.45) is 15.8. The van der Waals surface area contributed by atoms with Crippen LogP contribution in [-0.2, 0) is 19.1 Å². The Kier molecular flexibility index (Phi) is 14.0. The van der Waals surface area contributed by atoms with Gasteiger partial charge in [0.15, 0.2) is 0 Å². The molecule has 0 saturated carbocycles. The van der Waals surface area contributed by atoms with E-state index >= 15 is 0 Å². The number of hydrogen-bond acceptors (Lipinski definition) is 5. The summed E-state index contributed by atoms with van der Waals surface area (Å²) in [5, 5.41) is 0. The van der Waals surface area contributed by atoms with Crippen molar-refractivity contribution in [3.8, 4) is 0 Å². The molecule has 1 atom stereocenters. The second-order valence-electron chi connectivity index (χ2n) is 10.1. The van der Waals surface area contributed by atoms with Crippen LogP contribution in [0.15, 0.2) is 11.3 Å². The van der Waals surface area contributed by atoms with Crippen LogP contribution in [0, 0.1) is 5.41 Å². The molecule has 1 fully saturated rings. The van der Waals surface area contributed by atoms with Gasteiger partial charge in [-0.25, -0.2) is 4.79 Å². The van der Waals surface area contributed by atoms with Gasteiger partial charge in [0.2, 0.25) is 11.8 Å². The summed E-state index contributed by atoms with van der Waals surface area (Å²) in [4.78, 5) is 37.7. The van der Waals surface area contributed by atoms with Gasteiger partial charge in [0.1, 0.15) is 11.8 Å². The molecule has 0 bridgehead atoms. The number of carbonyl (C=O) groups excluding carboxylic acids is 3. The van der Waals surface area contributed by atoms with Crippen molar-refractivity contribution in [2.24, 2.45) is 5.41 Å². The summed E-state index contributed by atoms with van der Waals surface area (Å²) in [5.74, 6) is -0.627. The molecule has 1 rings (SSSR count). The molecule has 0 aromatic heterocycles. The van der Waals surface area contributed by atoms with Crippen LogP contribution in [0.2, 0.25) is 0 Å². The van der Waals surface area contributed by atoms with Crippen LogP contribution >= 0.6 is 12.6 Å². The van der Waals surface area contributed by atoms with Crippen LogP contribution in [0.3, 0.4) is 0 Å². The fourth-order valence-electron chi connectivity index (χ4n) is 4.39. The molecule has 6 heteroatoms. The normalized spacial score (nSPS) is 16.2. The highest BCUT2D eigenvalue weighted by molar-refractivity contribution is 7.80. The number of allylic oxidation sites excluding steroid dienone is 2. The first-order chi connectivity index (χ1) is 15.7. The maximum Gasteiger partial charge on any atom is 0.335 e. The first-order valence-corrected chi connectivity index (χ1v) is 13.6. The number of unbranched alkanes of at least 4 members (excludes halogenated alkanes) is 10. The van der Waals surface area contributed by atoms with E-state index in [0.29, 0.717) is 5.76 Å². The van der Waals surface area contributed by atoms with Gasteiger partial charge in [0.25, 0.3) is 0 Å². The number of imide groups is 1. The highest BCUT2D eigenvalue weighted by Crippen LogP contribution is 2.35. The molecule has 0 radical (unpaired) electrons. The van der Waals surface area contributed by atoms with Gasteiger partial charge in [-0.1, -0.05) is 91.4 Å². The Labute approximate surface area is 207 Å². The lowest BCUT2D eigenvalue weighted by molar-refractivity contribution is -0.154. The summed E-state index contributed by atoms with van der Waals surface area (Å²) in [6.45, 7) is 10.4. The van der Waals surface area contributed by atoms with E-state index in [0.717, 1.165) is 23.3 Å². The largest absolute Gasteiger partial charge is 0.430 e. The predicted octanol–water partition coefficient (Wildman–Crippen LogP) is 7.00. The number of esters is 1. The monoisotopic (exact) mass is 481 g/mol. The van der Waals surface area contributed by atoms with Gasteiger partial charge in [-0.05, 0) is 31.3 Å². The number of hydrogen-bond donors (Lipinski definition) is 1. The Balaban J connectivity index is 2.42. The van der Waals surface area contributed by atoms with Crippen molar-refractivity contribution in [2.75, 3.05) is 5.75 Å². The van der Waals surface area contributed by atoms with Crippen LogP contribution in [-0.4, -0.2) is 34.5 Å². The minimum atomic E-state index is -0.964. The number of carbonyl (C=O) groups is 3. The van der Waals surface area contributed by atoms with Crippen molar-refractivity contribution < 1.29 is 19.1 Å². The Hall–Kier alpha value is -1.30. The third kappa shape index (κ3) is 10.2. The second kappa shape index (κ2) is 15.6. The van der Waals surface area contributed by atoms with Crippen molar-refractivity contribution in [3.63, 3.8) is 0 Å². The van der Waals surface area contributed by atoms with Crippen LogP contribution in [0.5, 0.6) is 0 Å². The smallest absolute Gasteiger partial charge is 0.335 e. The lowest BCUT2D eigenvalue weighted by Crippen LogP contribution is -2.46. The van der Waals surface area contributed by atoms with E-state index in [1.54, 1.807) is 6.92 Å². The van der Waals surface area contributed by atoms with Crippen molar-refractivity contribution in [1.82, 2.24) is 4.90 Å². The van der Waals surface area contributed by atoms with Crippen molar-refractivity contribution >= 4 is 30.4 Å². The van der Waals surface area contributed by atoms with Crippen LogP contribution in [0.25, 0.3) is 0 Å². The maximum atomic E-state index is 12.7. The Morgan fingerprint density at radius 3 is 1.82 bits per heavy atom. The van der Waals surface area contributed by atoms with Crippen molar-refractivity contribution in [2.45, 2.75) is 131 Å². The highest BCUT2D eigenvalue weighted by Gasteiger charge is 2.39. The second-order valence-corrected chi connectivity index (χ2v) is 10.5. The maximum absolute atomic E-state index is 12.7. The lowest BCUT2D eigenvalue weighted by atomic mass is 9.79. The zero-order valence-electron chi connectivity index (χ0n) is 21.7. The first kappa shape index (κ1) is 29.7. The van der Waals surface area contributed by atoms with Crippen LogP contribution in [0.1, 0.15) is 125 Å². The molecule has 5 nitrogen and oxygen atoms in total. The van der Waals surface area contributed by atoms with E-state index in [-0.39, 0.29) is 35.8 Å². The number of likely N-dealkylation sites (tertiary alicyclic amines) is 1. The van der Waals surface area contributed by atoms with Gasteiger partial charge < -0.3 is 4.74 Å². The van der Waals surface area contributed by atoms with E-state index in [2.05, 4.69) is 33.4 Å². The van der Waals surface area contributed by atoms with Gasteiger partial charge in [0, 0.05) is 18.6 Å². The van der Waals surface area contributed by atoms with E-state index in [1.165, 1.54) is 64.2 Å².